The molecule has 10 nitrogen and oxygen atoms in total. The third kappa shape index (κ3) is 4.07. The average Bonchev–Trinajstić information content (AvgIpc) is 2.98. The van der Waals surface area contributed by atoms with Crippen LogP contribution in [0.1, 0.15) is 46.4 Å². The molecule has 2 N–H and O–H groups in total. The smallest absolute Gasteiger partial charge is 0.303 e. The Morgan fingerprint density at radius 1 is 1.06 bits per heavy atom. The number of hydrogen-bond donors (Lipinski definition) is 2. The third-order valence-electron chi connectivity index (χ3n) is 6.09. The van der Waals surface area contributed by atoms with Crippen molar-refractivity contribution in [1.29, 1.82) is 0 Å². The van der Waals surface area contributed by atoms with Gasteiger partial charge in [0.1, 0.15) is 11.9 Å². The van der Waals surface area contributed by atoms with Crippen molar-refractivity contribution in [3.63, 3.8) is 0 Å². The number of piperazine rings is 1. The molecule has 0 radical (unpaired) electrons. The summed E-state index contributed by atoms with van der Waals surface area (Å²) in [5, 5.41) is 10.9. The lowest BCUT2D eigenvalue weighted by Crippen LogP contribution is -2.54. The van der Waals surface area contributed by atoms with E-state index in [0.717, 1.165) is 11.0 Å². The summed E-state index contributed by atoms with van der Waals surface area (Å²) >= 11 is 0. The molecule has 0 saturated carbocycles. The molecule has 2 fully saturated rings. The first-order chi connectivity index (χ1) is 15.3. The number of hydrogen-bond acceptors (Lipinski definition) is 7. The Bertz CT molecular complexity index is 1000. The largest absolute Gasteiger partial charge is 0.481 e. The van der Waals surface area contributed by atoms with E-state index in [9.17, 15) is 28.4 Å². The number of aliphatic carboxylic acids is 1. The monoisotopic (exact) mass is 446 g/mol. The van der Waals surface area contributed by atoms with E-state index in [1.165, 1.54) is 6.07 Å². The van der Waals surface area contributed by atoms with Crippen molar-refractivity contribution in [3.8, 4) is 0 Å². The molecule has 1 atom stereocenters. The van der Waals surface area contributed by atoms with Gasteiger partial charge in [-0.2, -0.15) is 0 Å². The van der Waals surface area contributed by atoms with E-state index in [2.05, 4.69) is 10.2 Å². The number of carboxylic acid groups (broad SMARTS) is 1. The van der Waals surface area contributed by atoms with Gasteiger partial charge in [0.25, 0.3) is 11.8 Å². The Morgan fingerprint density at radius 3 is 2.34 bits per heavy atom. The molecular formula is C21H23FN4O6. The van der Waals surface area contributed by atoms with Gasteiger partial charge < -0.3 is 10.0 Å². The molecule has 0 aromatic heterocycles. The van der Waals surface area contributed by atoms with E-state index in [1.807, 2.05) is 0 Å². The second-order valence-electron chi connectivity index (χ2n) is 8.12. The van der Waals surface area contributed by atoms with Gasteiger partial charge in [-0.25, -0.2) is 4.39 Å². The van der Waals surface area contributed by atoms with E-state index >= 15 is 0 Å². The molecule has 0 aliphatic carbocycles. The van der Waals surface area contributed by atoms with Gasteiger partial charge in [-0.05, 0) is 31.5 Å². The minimum Gasteiger partial charge on any atom is -0.481 e. The number of imide groups is 2. The predicted molar refractivity (Wildman–Crippen MR) is 109 cm³/mol. The van der Waals surface area contributed by atoms with Crippen LogP contribution < -0.4 is 10.2 Å². The molecule has 1 unspecified atom stereocenters. The summed E-state index contributed by atoms with van der Waals surface area (Å²) < 4.78 is 14.9. The highest BCUT2D eigenvalue weighted by Gasteiger charge is 2.45. The number of piperidine rings is 1. The van der Waals surface area contributed by atoms with Crippen LogP contribution in [0, 0.1) is 5.82 Å². The lowest BCUT2D eigenvalue weighted by molar-refractivity contribution is -0.138. The molecule has 11 heteroatoms. The summed E-state index contributed by atoms with van der Waals surface area (Å²) in [6.07, 6.45) is 0.685. The number of halogens is 1. The molecule has 4 amide bonds. The summed E-state index contributed by atoms with van der Waals surface area (Å²) in [5.74, 6) is -4.06. The summed E-state index contributed by atoms with van der Waals surface area (Å²) in [6, 6.07) is 1.30. The Balaban J connectivity index is 1.48. The second-order valence-corrected chi connectivity index (χ2v) is 8.12. The molecule has 3 heterocycles. The van der Waals surface area contributed by atoms with Crippen molar-refractivity contribution >= 4 is 35.3 Å². The molecular weight excluding hydrogens is 423 g/mol. The van der Waals surface area contributed by atoms with E-state index in [0.29, 0.717) is 39.1 Å². The van der Waals surface area contributed by atoms with E-state index in [1.54, 1.807) is 4.90 Å². The van der Waals surface area contributed by atoms with Gasteiger partial charge >= 0.3 is 5.97 Å². The molecule has 32 heavy (non-hydrogen) atoms. The minimum atomic E-state index is -1.10. The number of nitrogens with one attached hydrogen (secondary N) is 1. The third-order valence-corrected chi connectivity index (χ3v) is 6.09. The summed E-state index contributed by atoms with van der Waals surface area (Å²) in [5.41, 5.74) is 0.161. The second kappa shape index (κ2) is 8.65. The molecule has 4 rings (SSSR count). The van der Waals surface area contributed by atoms with Crippen LogP contribution >= 0.6 is 0 Å². The molecule has 0 bridgehead atoms. The fourth-order valence-electron chi connectivity index (χ4n) is 4.39. The Hall–Kier alpha value is -3.34. The van der Waals surface area contributed by atoms with E-state index in [-0.39, 0.29) is 36.1 Å². The predicted octanol–water partition coefficient (Wildman–Crippen LogP) is 0.214. The number of benzene rings is 1. The number of anilines is 1. The standard InChI is InChI=1S/C21H23FN4O6/c22-14-10-12-13(21(32)26(20(12)31)15-3-4-17(27)23-19(15)30)11-16(14)25-8-6-24(7-9-25)5-1-2-18(28)29/h10-11,15H,1-9H2,(H,28,29)(H,23,27,30). The SMILES string of the molecule is O=C(O)CCCN1CCN(c2cc3c(cc2F)C(=O)N(C2CCC(=O)NC2=O)C3=O)CC1. The zero-order valence-corrected chi connectivity index (χ0v) is 17.3. The lowest BCUT2D eigenvalue weighted by Gasteiger charge is -2.36. The number of nitrogens with zero attached hydrogens (tertiary/aromatic N) is 3. The zero-order chi connectivity index (χ0) is 23.0. The first-order valence-corrected chi connectivity index (χ1v) is 10.5. The molecule has 3 aliphatic rings. The topological polar surface area (TPSA) is 127 Å². The maximum absolute atomic E-state index is 14.9. The Morgan fingerprint density at radius 2 is 1.72 bits per heavy atom. The maximum Gasteiger partial charge on any atom is 0.303 e. The molecule has 1 aromatic rings. The normalized spacial score (nSPS) is 21.7. The molecule has 1 aromatic carbocycles. The van der Waals surface area contributed by atoms with Crippen molar-refractivity contribution in [2.24, 2.45) is 0 Å². The lowest BCUT2D eigenvalue weighted by atomic mass is 10.0. The zero-order valence-electron chi connectivity index (χ0n) is 17.3. The number of carbonyl (C=O) groups is 5. The minimum absolute atomic E-state index is 0.0141. The maximum atomic E-state index is 14.9. The van der Waals surface area contributed by atoms with Crippen molar-refractivity contribution in [1.82, 2.24) is 15.1 Å². The van der Waals surface area contributed by atoms with Gasteiger partial charge in [0.05, 0.1) is 16.8 Å². The molecule has 0 spiro atoms. The highest BCUT2D eigenvalue weighted by molar-refractivity contribution is 6.23. The van der Waals surface area contributed by atoms with Gasteiger partial charge in [0.15, 0.2) is 0 Å². The van der Waals surface area contributed by atoms with Crippen molar-refractivity contribution in [2.75, 3.05) is 37.6 Å². The number of amides is 4. The number of rotatable bonds is 6. The Labute approximate surface area is 182 Å². The van der Waals surface area contributed by atoms with Crippen LogP contribution in [-0.2, 0) is 14.4 Å². The van der Waals surface area contributed by atoms with Gasteiger partial charge in [-0.15, -0.1) is 0 Å². The molecule has 170 valence electrons. The molecule has 2 saturated heterocycles. The highest BCUT2D eigenvalue weighted by atomic mass is 19.1. The first-order valence-electron chi connectivity index (χ1n) is 10.5. The van der Waals surface area contributed by atoms with E-state index < -0.39 is 41.5 Å². The Kier molecular flexibility index (Phi) is 5.92. The molecule has 3 aliphatic heterocycles. The van der Waals surface area contributed by atoms with Crippen LogP contribution in [0.5, 0.6) is 0 Å². The van der Waals surface area contributed by atoms with Crippen LogP contribution in [0.3, 0.4) is 0 Å². The first kappa shape index (κ1) is 21.9. The number of carbonyl (C=O) groups excluding carboxylic acids is 4. The van der Waals surface area contributed by atoms with Crippen LogP contribution in [0.25, 0.3) is 0 Å². The quantitative estimate of drug-likeness (QED) is 0.594. The summed E-state index contributed by atoms with van der Waals surface area (Å²) in [4.78, 5) is 64.6. The number of fused-ring (bicyclic) bond motifs is 1. The van der Waals surface area contributed by atoms with Gasteiger partial charge in [0, 0.05) is 39.0 Å². The summed E-state index contributed by atoms with van der Waals surface area (Å²) in [7, 11) is 0. The van der Waals surface area contributed by atoms with Gasteiger partial charge in [-0.3, -0.25) is 39.1 Å². The van der Waals surface area contributed by atoms with Crippen molar-refractivity contribution in [2.45, 2.75) is 31.7 Å². The van der Waals surface area contributed by atoms with Gasteiger partial charge in [-0.1, -0.05) is 0 Å². The fraction of sp³-hybridized carbons (Fsp3) is 0.476. The van der Waals surface area contributed by atoms with Crippen molar-refractivity contribution < 1.29 is 33.5 Å². The summed E-state index contributed by atoms with van der Waals surface area (Å²) in [6.45, 7) is 2.85. The van der Waals surface area contributed by atoms with Crippen LogP contribution in [0.4, 0.5) is 10.1 Å². The van der Waals surface area contributed by atoms with Crippen molar-refractivity contribution in [3.05, 3.63) is 29.1 Å². The van der Waals surface area contributed by atoms with Crippen LogP contribution in [0.2, 0.25) is 0 Å². The van der Waals surface area contributed by atoms with Crippen LogP contribution in [0.15, 0.2) is 12.1 Å². The van der Waals surface area contributed by atoms with Gasteiger partial charge in [0.2, 0.25) is 11.8 Å². The fourth-order valence-corrected chi connectivity index (χ4v) is 4.39. The highest BCUT2D eigenvalue weighted by Crippen LogP contribution is 2.33. The number of carboxylic acids is 1. The average molecular weight is 446 g/mol. The van der Waals surface area contributed by atoms with E-state index in [4.69, 9.17) is 5.11 Å². The van der Waals surface area contributed by atoms with Crippen LogP contribution in [-0.4, -0.2) is 83.3 Å².